The van der Waals surface area contributed by atoms with Gasteiger partial charge in [0.25, 0.3) is 0 Å². The molecule has 1 aromatic rings. The van der Waals surface area contributed by atoms with Crippen LogP contribution in [0.3, 0.4) is 0 Å². The number of hydrogen-bond donors (Lipinski definition) is 3. The van der Waals surface area contributed by atoms with E-state index in [1.165, 1.54) is 0 Å². The van der Waals surface area contributed by atoms with Crippen LogP contribution in [0.4, 0.5) is 0 Å². The molecule has 0 radical (unpaired) electrons. The van der Waals surface area contributed by atoms with Gasteiger partial charge in [0.2, 0.25) is 5.91 Å². The number of hydrogen-bond acceptors (Lipinski definition) is 4. The van der Waals surface area contributed by atoms with Crippen molar-refractivity contribution in [2.24, 2.45) is 0 Å². The Balaban J connectivity index is 2.68. The summed E-state index contributed by atoms with van der Waals surface area (Å²) in [4.78, 5) is 11.9. The van der Waals surface area contributed by atoms with Crippen LogP contribution in [0.5, 0.6) is 5.75 Å². The van der Waals surface area contributed by atoms with Crippen LogP contribution in [0.1, 0.15) is 18.9 Å². The molecule has 0 aromatic heterocycles. The maximum absolute atomic E-state index is 11.9. The van der Waals surface area contributed by atoms with Crippen LogP contribution in [0.25, 0.3) is 0 Å². The molecule has 1 amide bonds. The zero-order valence-corrected chi connectivity index (χ0v) is 11.3. The van der Waals surface area contributed by atoms with Crippen LogP contribution in [-0.2, 0) is 11.2 Å². The summed E-state index contributed by atoms with van der Waals surface area (Å²) < 4.78 is 5.09. The molecule has 3 N–H and O–H groups in total. The van der Waals surface area contributed by atoms with Crippen LogP contribution in [0.15, 0.2) is 24.3 Å². The van der Waals surface area contributed by atoms with Gasteiger partial charge in [-0.3, -0.25) is 4.79 Å². The Morgan fingerprint density at radius 2 is 2.05 bits per heavy atom. The largest absolute Gasteiger partial charge is 0.497 e. The molecule has 106 valence electrons. The molecule has 0 aliphatic rings. The standard InChI is InChI=1S/C14H21NO4/c1-3-14(9-16,10-17)15-13(18)8-11-5-4-6-12(7-11)19-2/h4-7,16-17H,3,8-10H2,1-2H3,(H,15,18). The second kappa shape index (κ2) is 7.11. The molecule has 0 saturated heterocycles. The molecule has 1 rings (SSSR count). The van der Waals surface area contributed by atoms with Crippen molar-refractivity contribution in [3.8, 4) is 5.75 Å². The van der Waals surface area contributed by atoms with Crippen LogP contribution >= 0.6 is 0 Å². The van der Waals surface area contributed by atoms with Gasteiger partial charge in [-0.1, -0.05) is 19.1 Å². The molecule has 0 atom stereocenters. The minimum absolute atomic E-state index is 0.180. The van der Waals surface area contributed by atoms with Gasteiger partial charge in [0.15, 0.2) is 0 Å². The van der Waals surface area contributed by atoms with Gasteiger partial charge in [0.05, 0.1) is 32.3 Å². The number of ether oxygens (including phenoxy) is 1. The first-order chi connectivity index (χ1) is 9.09. The van der Waals surface area contributed by atoms with Gasteiger partial charge in [-0.15, -0.1) is 0 Å². The van der Waals surface area contributed by atoms with Crippen molar-refractivity contribution in [1.82, 2.24) is 5.32 Å². The van der Waals surface area contributed by atoms with Crippen LogP contribution < -0.4 is 10.1 Å². The third kappa shape index (κ3) is 4.22. The predicted octanol–water partition coefficient (Wildman–Crippen LogP) is 0.487. The van der Waals surface area contributed by atoms with Crippen molar-refractivity contribution in [1.29, 1.82) is 0 Å². The maximum atomic E-state index is 11.9. The predicted molar refractivity (Wildman–Crippen MR) is 72.0 cm³/mol. The van der Waals surface area contributed by atoms with Gasteiger partial charge in [-0.05, 0) is 24.1 Å². The minimum Gasteiger partial charge on any atom is -0.497 e. The number of carbonyl (C=O) groups is 1. The Bertz CT molecular complexity index is 407. The van der Waals surface area contributed by atoms with Gasteiger partial charge in [0.1, 0.15) is 5.75 Å². The summed E-state index contributed by atoms with van der Waals surface area (Å²) in [5.41, 5.74) is -0.131. The second-order valence-corrected chi connectivity index (χ2v) is 4.53. The summed E-state index contributed by atoms with van der Waals surface area (Å²) in [6.45, 7) is 1.23. The third-order valence-corrected chi connectivity index (χ3v) is 3.19. The van der Waals surface area contributed by atoms with E-state index in [9.17, 15) is 15.0 Å². The van der Waals surface area contributed by atoms with Crippen molar-refractivity contribution in [2.45, 2.75) is 25.3 Å². The van der Waals surface area contributed by atoms with Gasteiger partial charge in [0, 0.05) is 0 Å². The van der Waals surface area contributed by atoms with E-state index in [2.05, 4.69) is 5.32 Å². The van der Waals surface area contributed by atoms with Gasteiger partial charge in [-0.2, -0.15) is 0 Å². The molecule has 0 aliphatic carbocycles. The van der Waals surface area contributed by atoms with Gasteiger partial charge >= 0.3 is 0 Å². The van der Waals surface area contributed by atoms with Crippen molar-refractivity contribution in [3.63, 3.8) is 0 Å². The smallest absolute Gasteiger partial charge is 0.225 e. The zero-order valence-electron chi connectivity index (χ0n) is 11.3. The highest BCUT2D eigenvalue weighted by Crippen LogP contribution is 2.14. The van der Waals surface area contributed by atoms with E-state index in [-0.39, 0.29) is 25.5 Å². The van der Waals surface area contributed by atoms with Crippen molar-refractivity contribution < 1.29 is 19.7 Å². The fourth-order valence-electron chi connectivity index (χ4n) is 1.75. The Morgan fingerprint density at radius 1 is 1.37 bits per heavy atom. The summed E-state index contributed by atoms with van der Waals surface area (Å²) in [6, 6.07) is 7.23. The highest BCUT2D eigenvalue weighted by molar-refractivity contribution is 5.79. The molecule has 0 saturated carbocycles. The fraction of sp³-hybridized carbons (Fsp3) is 0.500. The SMILES string of the molecule is CCC(CO)(CO)NC(=O)Cc1cccc(OC)c1. The van der Waals surface area contributed by atoms with Crippen molar-refractivity contribution in [2.75, 3.05) is 20.3 Å². The van der Waals surface area contributed by atoms with E-state index >= 15 is 0 Å². The number of aliphatic hydroxyl groups excluding tert-OH is 2. The Hall–Kier alpha value is -1.59. The summed E-state index contributed by atoms with van der Waals surface area (Å²) in [6.07, 6.45) is 0.642. The second-order valence-electron chi connectivity index (χ2n) is 4.53. The van der Waals surface area contributed by atoms with E-state index in [1.54, 1.807) is 26.2 Å². The number of aliphatic hydroxyl groups is 2. The molecule has 0 bridgehead atoms. The summed E-state index contributed by atoms with van der Waals surface area (Å²) in [7, 11) is 1.57. The minimum atomic E-state index is -0.948. The number of methoxy groups -OCH3 is 1. The molecule has 0 spiro atoms. The first-order valence-electron chi connectivity index (χ1n) is 6.25. The number of amides is 1. The molecule has 0 aliphatic heterocycles. The van der Waals surface area contributed by atoms with Crippen molar-refractivity contribution in [3.05, 3.63) is 29.8 Å². The van der Waals surface area contributed by atoms with Gasteiger partial charge < -0.3 is 20.3 Å². The fourth-order valence-corrected chi connectivity index (χ4v) is 1.75. The lowest BCUT2D eigenvalue weighted by atomic mass is 9.98. The molecule has 0 fully saturated rings. The first-order valence-corrected chi connectivity index (χ1v) is 6.25. The number of nitrogens with one attached hydrogen (secondary N) is 1. The third-order valence-electron chi connectivity index (χ3n) is 3.19. The molecule has 1 aromatic carbocycles. The normalized spacial score (nSPS) is 11.2. The van der Waals surface area contributed by atoms with Crippen LogP contribution in [0.2, 0.25) is 0 Å². The first kappa shape index (κ1) is 15.5. The molecule has 5 nitrogen and oxygen atoms in total. The monoisotopic (exact) mass is 267 g/mol. The summed E-state index contributed by atoms with van der Waals surface area (Å²) >= 11 is 0. The molecule has 5 heteroatoms. The molecular formula is C14H21NO4. The molecule has 0 heterocycles. The topological polar surface area (TPSA) is 78.8 Å². The molecule has 19 heavy (non-hydrogen) atoms. The molecule has 0 unspecified atom stereocenters. The van der Waals surface area contributed by atoms with E-state index in [0.29, 0.717) is 12.2 Å². The highest BCUT2D eigenvalue weighted by Gasteiger charge is 2.28. The van der Waals surface area contributed by atoms with Crippen molar-refractivity contribution >= 4 is 5.91 Å². The average molecular weight is 267 g/mol. The summed E-state index contributed by atoms with van der Waals surface area (Å²) in [5.74, 6) is 0.453. The van der Waals surface area contributed by atoms with E-state index in [1.807, 2.05) is 12.1 Å². The molecular weight excluding hydrogens is 246 g/mol. The van der Waals surface area contributed by atoms with E-state index in [4.69, 9.17) is 4.74 Å². The van der Waals surface area contributed by atoms with Crippen LogP contribution in [-0.4, -0.2) is 42.0 Å². The lowest BCUT2D eigenvalue weighted by molar-refractivity contribution is -0.123. The highest BCUT2D eigenvalue weighted by atomic mass is 16.5. The van der Waals surface area contributed by atoms with E-state index < -0.39 is 5.54 Å². The average Bonchev–Trinajstić information content (AvgIpc) is 2.45. The number of rotatable bonds is 7. The van der Waals surface area contributed by atoms with Crippen LogP contribution in [0, 0.1) is 0 Å². The van der Waals surface area contributed by atoms with Gasteiger partial charge in [-0.25, -0.2) is 0 Å². The Morgan fingerprint density at radius 3 is 2.58 bits per heavy atom. The quantitative estimate of drug-likeness (QED) is 0.671. The Labute approximate surface area is 113 Å². The maximum Gasteiger partial charge on any atom is 0.225 e. The number of carbonyl (C=O) groups excluding carboxylic acids is 1. The zero-order chi connectivity index (χ0) is 14.3. The lowest BCUT2D eigenvalue weighted by Crippen LogP contribution is -2.54. The van der Waals surface area contributed by atoms with E-state index in [0.717, 1.165) is 5.56 Å². The number of benzene rings is 1. The lowest BCUT2D eigenvalue weighted by Gasteiger charge is -2.29. The Kier molecular flexibility index (Phi) is 5.79. The summed E-state index contributed by atoms with van der Waals surface area (Å²) in [5, 5.41) is 21.2.